The fourth-order valence-corrected chi connectivity index (χ4v) is 3.96. The molecule has 0 amide bonds. The van der Waals surface area contributed by atoms with Gasteiger partial charge in [-0.2, -0.15) is 0 Å². The number of halogens is 1. The minimum atomic E-state index is -3.71. The van der Waals surface area contributed by atoms with Gasteiger partial charge in [-0.05, 0) is 53.0 Å². The van der Waals surface area contributed by atoms with Crippen LogP contribution in [-0.4, -0.2) is 8.42 Å². The fourth-order valence-electron chi connectivity index (χ4n) is 1.93. The summed E-state index contributed by atoms with van der Waals surface area (Å²) in [5.41, 5.74) is 7.92. The molecule has 7 heteroatoms. The molecule has 0 atom stereocenters. The molecule has 1 aromatic carbocycles. The van der Waals surface area contributed by atoms with Crippen molar-refractivity contribution < 1.29 is 12.8 Å². The van der Waals surface area contributed by atoms with Gasteiger partial charge in [-0.15, -0.1) is 0 Å². The Hall–Kier alpha value is -1.31. The quantitative estimate of drug-likeness (QED) is 0.879. The molecule has 2 aromatic rings. The Morgan fingerprint density at radius 1 is 1.20 bits per heavy atom. The van der Waals surface area contributed by atoms with Gasteiger partial charge in [-0.3, -0.25) is 4.72 Å². The second kappa shape index (κ2) is 5.59. The maximum Gasteiger partial charge on any atom is 0.266 e. The largest absolute Gasteiger partial charge is 0.452 e. The van der Waals surface area contributed by atoms with Crippen LogP contribution in [-0.2, 0) is 16.6 Å². The van der Waals surface area contributed by atoms with Crippen molar-refractivity contribution in [2.75, 3.05) is 4.72 Å². The van der Waals surface area contributed by atoms with Crippen molar-refractivity contribution in [1.29, 1.82) is 0 Å². The number of nitrogens with two attached hydrogens (primary N) is 1. The molecule has 3 N–H and O–H groups in total. The van der Waals surface area contributed by atoms with Gasteiger partial charge in [0.25, 0.3) is 10.0 Å². The highest BCUT2D eigenvalue weighted by Gasteiger charge is 2.22. The third-order valence-corrected chi connectivity index (χ3v) is 4.91. The van der Waals surface area contributed by atoms with Crippen LogP contribution in [0.2, 0.25) is 0 Å². The first kappa shape index (κ1) is 15.1. The minimum absolute atomic E-state index is 0.0390. The standard InChI is InChI=1S/C13H15BrN2O3S/c1-8-3-9(2)5-10(4-8)16-20(17,18)12-6-11(7-15)19-13(12)14/h3-6,16H,7,15H2,1-2H3. The molecular weight excluding hydrogens is 344 g/mol. The van der Waals surface area contributed by atoms with Gasteiger partial charge in [0.05, 0.1) is 6.54 Å². The third kappa shape index (κ3) is 3.23. The molecule has 2 rings (SSSR count). The van der Waals surface area contributed by atoms with Crippen LogP contribution in [0.5, 0.6) is 0 Å². The Balaban J connectivity index is 2.37. The van der Waals surface area contributed by atoms with Crippen LogP contribution in [0.25, 0.3) is 0 Å². The van der Waals surface area contributed by atoms with E-state index >= 15 is 0 Å². The molecule has 0 aliphatic heterocycles. The molecule has 0 fully saturated rings. The predicted octanol–water partition coefficient (Wildman–Crippen LogP) is 2.92. The summed E-state index contributed by atoms with van der Waals surface area (Å²) in [5.74, 6) is 0.401. The van der Waals surface area contributed by atoms with Crippen LogP contribution in [0.15, 0.2) is 38.2 Å². The molecule has 0 aliphatic carbocycles. The maximum atomic E-state index is 12.3. The Labute approximate surface area is 126 Å². The first-order valence-electron chi connectivity index (χ1n) is 5.91. The second-order valence-corrected chi connectivity index (χ2v) is 6.91. The average molecular weight is 359 g/mol. The van der Waals surface area contributed by atoms with Gasteiger partial charge < -0.3 is 10.2 Å². The van der Waals surface area contributed by atoms with E-state index in [2.05, 4.69) is 20.7 Å². The summed E-state index contributed by atoms with van der Waals surface area (Å²) >= 11 is 3.09. The lowest BCUT2D eigenvalue weighted by molar-refractivity contribution is 0.484. The molecule has 0 unspecified atom stereocenters. The Bertz CT molecular complexity index is 718. The molecule has 1 heterocycles. The van der Waals surface area contributed by atoms with Gasteiger partial charge in [-0.1, -0.05) is 6.07 Å². The number of nitrogens with one attached hydrogen (secondary N) is 1. The number of aryl methyl sites for hydroxylation is 2. The van der Waals surface area contributed by atoms with Crippen LogP contribution in [0.1, 0.15) is 16.9 Å². The van der Waals surface area contributed by atoms with Gasteiger partial charge in [0, 0.05) is 11.8 Å². The third-order valence-electron chi connectivity index (χ3n) is 2.67. The topological polar surface area (TPSA) is 85.3 Å². The van der Waals surface area contributed by atoms with E-state index in [1.165, 1.54) is 6.07 Å². The zero-order chi connectivity index (χ0) is 14.9. The first-order chi connectivity index (χ1) is 9.31. The number of hydrogen-bond acceptors (Lipinski definition) is 4. The van der Waals surface area contributed by atoms with Crippen molar-refractivity contribution in [3.05, 3.63) is 45.8 Å². The molecule has 108 valence electrons. The van der Waals surface area contributed by atoms with Crippen molar-refractivity contribution >= 4 is 31.6 Å². The number of benzene rings is 1. The Morgan fingerprint density at radius 2 is 1.80 bits per heavy atom. The van der Waals surface area contributed by atoms with E-state index in [0.29, 0.717) is 11.4 Å². The van der Waals surface area contributed by atoms with Crippen molar-refractivity contribution in [2.24, 2.45) is 5.73 Å². The Morgan fingerprint density at radius 3 is 2.30 bits per heavy atom. The van der Waals surface area contributed by atoms with Gasteiger partial charge >= 0.3 is 0 Å². The average Bonchev–Trinajstić information content (AvgIpc) is 2.69. The molecule has 1 aromatic heterocycles. The summed E-state index contributed by atoms with van der Waals surface area (Å²) in [6.45, 7) is 3.95. The number of furan rings is 1. The lowest BCUT2D eigenvalue weighted by Crippen LogP contribution is -2.13. The SMILES string of the molecule is Cc1cc(C)cc(NS(=O)(=O)c2cc(CN)oc2Br)c1. The molecular formula is C13H15BrN2O3S. The molecule has 5 nitrogen and oxygen atoms in total. The Kier molecular flexibility index (Phi) is 4.22. The van der Waals surface area contributed by atoms with Crippen LogP contribution < -0.4 is 10.5 Å². The summed E-state index contributed by atoms with van der Waals surface area (Å²) < 4.78 is 32.6. The highest BCUT2D eigenvalue weighted by atomic mass is 79.9. The van der Waals surface area contributed by atoms with E-state index in [9.17, 15) is 8.42 Å². The van der Waals surface area contributed by atoms with E-state index < -0.39 is 10.0 Å². The molecule has 0 saturated carbocycles. The predicted molar refractivity (Wildman–Crippen MR) is 81.0 cm³/mol. The van der Waals surface area contributed by atoms with Crippen molar-refractivity contribution in [3.63, 3.8) is 0 Å². The van der Waals surface area contributed by atoms with Gasteiger partial charge in [0.1, 0.15) is 10.7 Å². The van der Waals surface area contributed by atoms with E-state index in [-0.39, 0.29) is 16.1 Å². The minimum Gasteiger partial charge on any atom is -0.452 e. The number of anilines is 1. The highest BCUT2D eigenvalue weighted by Crippen LogP contribution is 2.28. The number of sulfonamides is 1. The lowest BCUT2D eigenvalue weighted by atomic mass is 10.1. The van der Waals surface area contributed by atoms with E-state index in [1.54, 1.807) is 12.1 Å². The molecule has 0 spiro atoms. The monoisotopic (exact) mass is 358 g/mol. The summed E-state index contributed by atoms with van der Waals surface area (Å²) in [7, 11) is -3.71. The molecule has 0 radical (unpaired) electrons. The fraction of sp³-hybridized carbons (Fsp3) is 0.231. The smallest absolute Gasteiger partial charge is 0.266 e. The van der Waals surface area contributed by atoms with E-state index in [0.717, 1.165) is 11.1 Å². The highest BCUT2D eigenvalue weighted by molar-refractivity contribution is 9.10. The molecule has 0 saturated heterocycles. The zero-order valence-electron chi connectivity index (χ0n) is 11.1. The van der Waals surface area contributed by atoms with Crippen LogP contribution in [0, 0.1) is 13.8 Å². The van der Waals surface area contributed by atoms with E-state index in [4.69, 9.17) is 10.2 Å². The van der Waals surface area contributed by atoms with Crippen molar-refractivity contribution in [3.8, 4) is 0 Å². The summed E-state index contributed by atoms with van der Waals surface area (Å²) in [6.07, 6.45) is 0. The normalized spacial score (nSPS) is 11.6. The maximum absolute atomic E-state index is 12.3. The van der Waals surface area contributed by atoms with E-state index in [1.807, 2.05) is 19.9 Å². The first-order valence-corrected chi connectivity index (χ1v) is 8.19. The molecule has 20 heavy (non-hydrogen) atoms. The zero-order valence-corrected chi connectivity index (χ0v) is 13.5. The van der Waals surface area contributed by atoms with Gasteiger partial charge in [0.15, 0.2) is 4.67 Å². The van der Waals surface area contributed by atoms with Crippen molar-refractivity contribution in [2.45, 2.75) is 25.3 Å². The summed E-state index contributed by atoms with van der Waals surface area (Å²) in [6, 6.07) is 6.91. The summed E-state index contributed by atoms with van der Waals surface area (Å²) in [5, 5.41) is 0. The van der Waals surface area contributed by atoms with Crippen LogP contribution in [0.3, 0.4) is 0 Å². The lowest BCUT2D eigenvalue weighted by Gasteiger charge is -2.08. The number of rotatable bonds is 4. The molecule has 0 bridgehead atoms. The van der Waals surface area contributed by atoms with Crippen LogP contribution >= 0.6 is 15.9 Å². The summed E-state index contributed by atoms with van der Waals surface area (Å²) in [4.78, 5) is 0.0390. The van der Waals surface area contributed by atoms with Gasteiger partial charge in [-0.25, -0.2) is 8.42 Å². The molecule has 0 aliphatic rings. The van der Waals surface area contributed by atoms with Crippen molar-refractivity contribution in [1.82, 2.24) is 0 Å². The second-order valence-electron chi connectivity index (χ2n) is 4.54. The number of hydrogen-bond donors (Lipinski definition) is 2. The van der Waals surface area contributed by atoms with Crippen LogP contribution in [0.4, 0.5) is 5.69 Å². The van der Waals surface area contributed by atoms with Gasteiger partial charge in [0.2, 0.25) is 0 Å².